The summed E-state index contributed by atoms with van der Waals surface area (Å²) >= 11 is 12.7. The van der Waals surface area contributed by atoms with Crippen molar-refractivity contribution >= 4 is 40.8 Å². The third-order valence-corrected chi connectivity index (χ3v) is 7.47. The van der Waals surface area contributed by atoms with Gasteiger partial charge in [-0.3, -0.25) is 14.5 Å². The molecule has 4 aromatic rings. The van der Waals surface area contributed by atoms with E-state index in [4.69, 9.17) is 29.8 Å². The zero-order chi connectivity index (χ0) is 30.4. The standard InChI is InChI=1S/C30H31Cl2N7O3/c1-5-39(4)26(41)16-38(3)15-20-10-9-19(12-23(20)32)27-28(36-37-29(27)33-2)21-13-24(34-14-21)30(42)35-25(17-40)18-7-6-8-22(31)11-18/h6-14,25,34,40H,5,15-17H2,1,3-4H3,(H,35,42)(H,36,37). The fourth-order valence-electron chi connectivity index (χ4n) is 4.46. The average Bonchev–Trinajstić information content (AvgIpc) is 3.64. The van der Waals surface area contributed by atoms with Crippen molar-refractivity contribution in [2.45, 2.75) is 19.5 Å². The Bertz CT molecular complexity index is 1630. The van der Waals surface area contributed by atoms with Crippen LogP contribution in [0, 0.1) is 6.57 Å². The number of aromatic nitrogens is 3. The first-order valence-electron chi connectivity index (χ1n) is 13.2. The minimum atomic E-state index is -0.650. The Morgan fingerprint density at radius 1 is 1.14 bits per heavy atom. The number of nitrogens with one attached hydrogen (secondary N) is 3. The van der Waals surface area contributed by atoms with Gasteiger partial charge < -0.3 is 25.2 Å². The van der Waals surface area contributed by atoms with E-state index in [0.717, 1.165) is 5.56 Å². The monoisotopic (exact) mass is 607 g/mol. The van der Waals surface area contributed by atoms with Crippen LogP contribution in [0.15, 0.2) is 54.7 Å². The quantitative estimate of drug-likeness (QED) is 0.172. The molecule has 42 heavy (non-hydrogen) atoms. The Morgan fingerprint density at radius 3 is 2.60 bits per heavy atom. The van der Waals surface area contributed by atoms with Crippen LogP contribution in [0.25, 0.3) is 27.2 Å². The van der Waals surface area contributed by atoms with Gasteiger partial charge in [-0.15, -0.1) is 5.10 Å². The summed E-state index contributed by atoms with van der Waals surface area (Å²) in [5, 5.41) is 20.8. The average molecular weight is 609 g/mol. The van der Waals surface area contributed by atoms with Gasteiger partial charge in [0, 0.05) is 47.5 Å². The molecule has 1 atom stereocenters. The van der Waals surface area contributed by atoms with E-state index in [0.29, 0.717) is 51.1 Å². The van der Waals surface area contributed by atoms with Gasteiger partial charge in [0.15, 0.2) is 0 Å². The molecular formula is C30H31Cl2N7O3. The van der Waals surface area contributed by atoms with Crippen LogP contribution < -0.4 is 5.32 Å². The molecule has 4 N–H and O–H groups in total. The molecular weight excluding hydrogens is 577 g/mol. The molecule has 2 aromatic heterocycles. The molecule has 0 saturated carbocycles. The predicted molar refractivity (Wildman–Crippen MR) is 163 cm³/mol. The molecule has 218 valence electrons. The minimum Gasteiger partial charge on any atom is -0.394 e. The van der Waals surface area contributed by atoms with Gasteiger partial charge in [-0.05, 0) is 54.9 Å². The number of amides is 2. The molecule has 0 saturated heterocycles. The Hall–Kier alpha value is -4.14. The first kappa shape index (κ1) is 30.8. The molecule has 2 heterocycles. The Kier molecular flexibility index (Phi) is 10.0. The SMILES string of the molecule is [C-]#[N+]c1[nH]nc(-c2c[nH]c(C(=O)NC(CO)c3cccc(Cl)c3)c2)c1-c1ccc(CN(C)CC(=O)N(C)CC)c(Cl)c1. The number of aromatic amines is 2. The first-order chi connectivity index (χ1) is 20.1. The number of likely N-dealkylation sites (N-methyl/N-ethyl adjacent to an activating group) is 2. The largest absolute Gasteiger partial charge is 0.394 e. The number of carbonyl (C=O) groups excluding carboxylic acids is 2. The lowest BCUT2D eigenvalue weighted by Gasteiger charge is -2.21. The molecule has 12 heteroatoms. The van der Waals surface area contributed by atoms with Gasteiger partial charge in [0.05, 0.1) is 19.2 Å². The fraction of sp³-hybridized carbons (Fsp3) is 0.267. The van der Waals surface area contributed by atoms with Crippen molar-refractivity contribution in [3.8, 4) is 22.4 Å². The summed E-state index contributed by atoms with van der Waals surface area (Å²) < 4.78 is 0. The molecule has 1 unspecified atom stereocenters. The molecule has 4 rings (SSSR count). The second-order valence-electron chi connectivity index (χ2n) is 9.86. The van der Waals surface area contributed by atoms with Crippen LogP contribution in [0.2, 0.25) is 10.0 Å². The van der Waals surface area contributed by atoms with Gasteiger partial charge in [-0.25, -0.2) is 5.10 Å². The third kappa shape index (κ3) is 7.01. The van der Waals surface area contributed by atoms with E-state index in [2.05, 4.69) is 25.3 Å². The third-order valence-electron chi connectivity index (χ3n) is 6.89. The zero-order valence-corrected chi connectivity index (χ0v) is 24.9. The predicted octanol–water partition coefficient (Wildman–Crippen LogP) is 5.30. The molecule has 0 aliphatic carbocycles. The highest BCUT2D eigenvalue weighted by Crippen LogP contribution is 2.39. The van der Waals surface area contributed by atoms with Crippen LogP contribution in [-0.4, -0.2) is 75.7 Å². The van der Waals surface area contributed by atoms with E-state index in [1.165, 1.54) is 0 Å². The molecule has 0 fully saturated rings. The van der Waals surface area contributed by atoms with Crippen LogP contribution in [0.1, 0.15) is 34.6 Å². The van der Waals surface area contributed by atoms with E-state index in [1.54, 1.807) is 54.5 Å². The molecule has 10 nitrogen and oxygen atoms in total. The maximum absolute atomic E-state index is 13.0. The van der Waals surface area contributed by atoms with Crippen molar-refractivity contribution in [2.24, 2.45) is 0 Å². The Labute approximate surface area is 254 Å². The topological polar surface area (TPSA) is 122 Å². The number of carbonyl (C=O) groups is 2. The van der Waals surface area contributed by atoms with Crippen molar-refractivity contribution in [3.05, 3.63) is 93.0 Å². The van der Waals surface area contributed by atoms with Crippen LogP contribution in [-0.2, 0) is 11.3 Å². The number of benzene rings is 2. The minimum absolute atomic E-state index is 0.0216. The van der Waals surface area contributed by atoms with Gasteiger partial charge in [-0.2, -0.15) is 0 Å². The summed E-state index contributed by atoms with van der Waals surface area (Å²) in [5.74, 6) is -0.177. The van der Waals surface area contributed by atoms with E-state index in [-0.39, 0.29) is 30.6 Å². The number of rotatable bonds is 11. The van der Waals surface area contributed by atoms with Crippen LogP contribution in [0.5, 0.6) is 0 Å². The van der Waals surface area contributed by atoms with Crippen LogP contribution >= 0.6 is 23.2 Å². The lowest BCUT2D eigenvalue weighted by molar-refractivity contribution is -0.130. The van der Waals surface area contributed by atoms with Gasteiger partial charge >= 0.3 is 0 Å². The number of aliphatic hydroxyl groups excluding tert-OH is 1. The van der Waals surface area contributed by atoms with E-state index in [1.807, 2.05) is 31.0 Å². The number of hydrogen-bond donors (Lipinski definition) is 4. The van der Waals surface area contributed by atoms with Crippen molar-refractivity contribution in [2.75, 3.05) is 33.8 Å². The highest BCUT2D eigenvalue weighted by Gasteiger charge is 2.22. The van der Waals surface area contributed by atoms with Crippen molar-refractivity contribution in [3.63, 3.8) is 0 Å². The summed E-state index contributed by atoms with van der Waals surface area (Å²) in [7, 11) is 3.62. The Balaban J connectivity index is 1.55. The summed E-state index contributed by atoms with van der Waals surface area (Å²) in [6, 6.07) is 13.4. The second kappa shape index (κ2) is 13.7. The second-order valence-corrected chi connectivity index (χ2v) is 10.7. The molecule has 0 aliphatic rings. The summed E-state index contributed by atoms with van der Waals surface area (Å²) in [5.41, 5.74) is 4.04. The van der Waals surface area contributed by atoms with Crippen LogP contribution in [0.4, 0.5) is 5.82 Å². The highest BCUT2D eigenvalue weighted by molar-refractivity contribution is 6.31. The fourth-order valence-corrected chi connectivity index (χ4v) is 4.90. The summed E-state index contributed by atoms with van der Waals surface area (Å²) in [6.07, 6.45) is 1.63. The lowest BCUT2D eigenvalue weighted by atomic mass is 10.0. The van der Waals surface area contributed by atoms with Gasteiger partial charge in [0.25, 0.3) is 11.7 Å². The first-order valence-corrected chi connectivity index (χ1v) is 13.9. The maximum atomic E-state index is 13.0. The normalized spacial score (nSPS) is 11.8. The number of nitrogens with zero attached hydrogens (tertiary/aromatic N) is 4. The smallest absolute Gasteiger partial charge is 0.268 e. The lowest BCUT2D eigenvalue weighted by Crippen LogP contribution is -2.36. The van der Waals surface area contributed by atoms with E-state index in [9.17, 15) is 14.7 Å². The van der Waals surface area contributed by atoms with Crippen LogP contribution in [0.3, 0.4) is 0 Å². The molecule has 0 bridgehead atoms. The van der Waals surface area contributed by atoms with Crippen molar-refractivity contribution < 1.29 is 14.7 Å². The molecule has 0 aliphatic heterocycles. The van der Waals surface area contributed by atoms with Crippen molar-refractivity contribution in [1.82, 2.24) is 30.3 Å². The molecule has 2 aromatic carbocycles. The van der Waals surface area contributed by atoms with Gasteiger partial charge in [0.1, 0.15) is 11.4 Å². The van der Waals surface area contributed by atoms with E-state index < -0.39 is 11.9 Å². The summed E-state index contributed by atoms with van der Waals surface area (Å²) in [6.45, 7) is 10.6. The molecule has 0 radical (unpaired) electrons. The van der Waals surface area contributed by atoms with Gasteiger partial charge in [0.2, 0.25) is 5.91 Å². The van der Waals surface area contributed by atoms with E-state index >= 15 is 0 Å². The maximum Gasteiger partial charge on any atom is 0.268 e. The highest BCUT2D eigenvalue weighted by atomic mass is 35.5. The summed E-state index contributed by atoms with van der Waals surface area (Å²) in [4.78, 5) is 35.4. The van der Waals surface area contributed by atoms with Crippen molar-refractivity contribution in [1.29, 1.82) is 0 Å². The number of halogens is 2. The number of aliphatic hydroxyl groups is 1. The Morgan fingerprint density at radius 2 is 1.93 bits per heavy atom. The number of H-pyrrole nitrogens is 2. The zero-order valence-electron chi connectivity index (χ0n) is 23.4. The number of hydrogen-bond acceptors (Lipinski definition) is 5. The molecule has 0 spiro atoms. The van der Waals surface area contributed by atoms with Gasteiger partial charge in [-0.1, -0.05) is 54.0 Å². The molecule has 2 amide bonds.